The van der Waals surface area contributed by atoms with E-state index in [9.17, 15) is 4.79 Å². The van der Waals surface area contributed by atoms with Crippen LogP contribution in [-0.4, -0.2) is 11.6 Å². The summed E-state index contributed by atoms with van der Waals surface area (Å²) in [7, 11) is 0. The van der Waals surface area contributed by atoms with Crippen molar-refractivity contribution in [2.45, 2.75) is 26.4 Å². The lowest BCUT2D eigenvalue weighted by Crippen LogP contribution is -2.20. The first-order valence-corrected chi connectivity index (χ1v) is 7.83. The van der Waals surface area contributed by atoms with E-state index < -0.39 is 0 Å². The Morgan fingerprint density at radius 3 is 2.48 bits per heavy atom. The van der Waals surface area contributed by atoms with Crippen LogP contribution in [0.4, 0.5) is 0 Å². The maximum Gasteiger partial charge on any atom is 0.243 e. The van der Waals surface area contributed by atoms with E-state index in [0.717, 1.165) is 35.4 Å². The van der Waals surface area contributed by atoms with Gasteiger partial charge in [0.25, 0.3) is 0 Å². The van der Waals surface area contributed by atoms with E-state index in [4.69, 9.17) is 4.74 Å². The van der Waals surface area contributed by atoms with Crippen LogP contribution < -0.4 is 10.2 Å². The summed E-state index contributed by atoms with van der Waals surface area (Å²) < 4.78 is 5.76. The van der Waals surface area contributed by atoms with Crippen molar-refractivity contribution in [3.05, 3.63) is 65.7 Å². The Kier molecular flexibility index (Phi) is 4.71. The Labute approximate surface area is 136 Å². The largest absolute Gasteiger partial charge is 0.489 e. The number of hydrazone groups is 1. The lowest BCUT2D eigenvalue weighted by molar-refractivity contribution is -0.122. The minimum atomic E-state index is 0.0205. The van der Waals surface area contributed by atoms with Crippen LogP contribution in [0.5, 0.6) is 5.75 Å². The molecule has 0 radical (unpaired) electrons. The molecule has 1 amide bonds. The maximum absolute atomic E-state index is 11.6. The molecule has 1 fully saturated rings. The monoisotopic (exact) mass is 308 g/mol. The molecule has 2 aromatic rings. The van der Waals surface area contributed by atoms with Crippen LogP contribution in [0.2, 0.25) is 0 Å². The predicted molar refractivity (Wildman–Crippen MR) is 90.3 cm³/mol. The molecule has 23 heavy (non-hydrogen) atoms. The van der Waals surface area contributed by atoms with E-state index in [1.165, 1.54) is 0 Å². The molecule has 0 heterocycles. The highest BCUT2D eigenvalue weighted by Gasteiger charge is 2.29. The van der Waals surface area contributed by atoms with Crippen LogP contribution in [0.25, 0.3) is 0 Å². The lowest BCUT2D eigenvalue weighted by Gasteiger charge is -2.07. The Bertz CT molecular complexity index is 689. The maximum atomic E-state index is 11.6. The van der Waals surface area contributed by atoms with Crippen LogP contribution >= 0.6 is 0 Å². The number of hydrogen-bond donors (Lipinski definition) is 1. The van der Waals surface area contributed by atoms with Gasteiger partial charge in [-0.3, -0.25) is 4.79 Å². The van der Waals surface area contributed by atoms with Gasteiger partial charge < -0.3 is 4.74 Å². The lowest BCUT2D eigenvalue weighted by atomic mass is 10.1. The second-order valence-electron chi connectivity index (χ2n) is 5.75. The van der Waals surface area contributed by atoms with Crippen molar-refractivity contribution in [1.29, 1.82) is 0 Å². The standard InChI is InChI=1S/C19H20N2O2/c1-14(20-21-19(22)17-7-8-17)16-9-11-18(12-10-16)23-13-15-5-3-2-4-6-15/h2-6,9-12,17H,7-8,13H2,1H3,(H,21,22)/b20-14-. The zero-order valence-electron chi connectivity index (χ0n) is 13.2. The first-order chi connectivity index (χ1) is 11.2. The Hall–Kier alpha value is -2.62. The number of carbonyl (C=O) groups is 1. The van der Waals surface area contributed by atoms with E-state index in [1.807, 2.05) is 61.5 Å². The molecule has 1 aliphatic rings. The van der Waals surface area contributed by atoms with Crippen LogP contribution in [0.15, 0.2) is 59.7 Å². The van der Waals surface area contributed by atoms with E-state index in [2.05, 4.69) is 10.5 Å². The first kappa shape index (κ1) is 15.3. The van der Waals surface area contributed by atoms with Gasteiger partial charge in [0.1, 0.15) is 12.4 Å². The second-order valence-corrected chi connectivity index (χ2v) is 5.75. The third-order valence-corrected chi connectivity index (χ3v) is 3.80. The number of nitrogens with one attached hydrogen (secondary N) is 1. The fourth-order valence-corrected chi connectivity index (χ4v) is 2.17. The molecule has 4 heteroatoms. The fraction of sp³-hybridized carbons (Fsp3) is 0.263. The van der Waals surface area contributed by atoms with Gasteiger partial charge in [-0.05, 0) is 55.2 Å². The average molecular weight is 308 g/mol. The number of amides is 1. The summed E-state index contributed by atoms with van der Waals surface area (Å²) in [5.41, 5.74) is 5.51. The predicted octanol–water partition coefficient (Wildman–Crippen LogP) is 3.52. The summed E-state index contributed by atoms with van der Waals surface area (Å²) in [4.78, 5) is 11.6. The van der Waals surface area contributed by atoms with Crippen molar-refractivity contribution >= 4 is 11.6 Å². The van der Waals surface area contributed by atoms with Gasteiger partial charge in [-0.2, -0.15) is 5.10 Å². The first-order valence-electron chi connectivity index (χ1n) is 7.83. The van der Waals surface area contributed by atoms with Gasteiger partial charge >= 0.3 is 0 Å². The SMILES string of the molecule is C/C(=N/NC(=O)C1CC1)c1ccc(OCc2ccccc2)cc1. The summed E-state index contributed by atoms with van der Waals surface area (Å²) in [6.45, 7) is 2.43. The second kappa shape index (κ2) is 7.09. The Morgan fingerprint density at radius 2 is 1.83 bits per heavy atom. The molecule has 0 unspecified atom stereocenters. The van der Waals surface area contributed by atoms with Gasteiger partial charge in [0.15, 0.2) is 0 Å². The molecular formula is C19H20N2O2. The number of ether oxygens (including phenoxy) is 1. The number of benzene rings is 2. The molecule has 0 saturated heterocycles. The molecule has 118 valence electrons. The summed E-state index contributed by atoms with van der Waals surface area (Å²) in [5.74, 6) is 1.000. The normalized spacial score (nSPS) is 14.4. The average Bonchev–Trinajstić information content (AvgIpc) is 3.44. The molecule has 0 spiro atoms. The Morgan fingerprint density at radius 1 is 1.13 bits per heavy atom. The minimum Gasteiger partial charge on any atom is -0.489 e. The van der Waals surface area contributed by atoms with Gasteiger partial charge in [-0.25, -0.2) is 5.43 Å². The van der Waals surface area contributed by atoms with Crippen molar-refractivity contribution < 1.29 is 9.53 Å². The van der Waals surface area contributed by atoms with Gasteiger partial charge in [-0.15, -0.1) is 0 Å². The summed E-state index contributed by atoms with van der Waals surface area (Å²) in [6.07, 6.45) is 1.96. The molecule has 2 aromatic carbocycles. The highest BCUT2D eigenvalue weighted by atomic mass is 16.5. The number of carbonyl (C=O) groups excluding carboxylic acids is 1. The Balaban J connectivity index is 1.55. The smallest absolute Gasteiger partial charge is 0.243 e. The minimum absolute atomic E-state index is 0.0205. The number of nitrogens with zero attached hydrogens (tertiary/aromatic N) is 1. The van der Waals surface area contributed by atoms with Crippen molar-refractivity contribution in [2.24, 2.45) is 11.0 Å². The molecule has 1 N–H and O–H groups in total. The molecule has 1 saturated carbocycles. The van der Waals surface area contributed by atoms with Crippen molar-refractivity contribution in [2.75, 3.05) is 0 Å². The molecule has 0 bridgehead atoms. The van der Waals surface area contributed by atoms with Crippen molar-refractivity contribution in [3.8, 4) is 5.75 Å². The molecule has 0 atom stereocenters. The van der Waals surface area contributed by atoms with Crippen LogP contribution in [0.3, 0.4) is 0 Å². The molecular weight excluding hydrogens is 288 g/mol. The van der Waals surface area contributed by atoms with Gasteiger partial charge in [0.2, 0.25) is 5.91 Å². The fourth-order valence-electron chi connectivity index (χ4n) is 2.17. The zero-order chi connectivity index (χ0) is 16.1. The van der Waals surface area contributed by atoms with Crippen LogP contribution in [0.1, 0.15) is 30.9 Å². The van der Waals surface area contributed by atoms with Gasteiger partial charge in [0, 0.05) is 5.92 Å². The highest BCUT2D eigenvalue weighted by molar-refractivity contribution is 5.99. The highest BCUT2D eigenvalue weighted by Crippen LogP contribution is 2.28. The molecule has 3 rings (SSSR count). The zero-order valence-corrected chi connectivity index (χ0v) is 13.2. The molecule has 4 nitrogen and oxygen atoms in total. The quantitative estimate of drug-likeness (QED) is 0.656. The third kappa shape index (κ3) is 4.42. The van der Waals surface area contributed by atoms with Gasteiger partial charge in [0.05, 0.1) is 5.71 Å². The number of rotatable bonds is 6. The number of hydrogen-bond acceptors (Lipinski definition) is 3. The third-order valence-electron chi connectivity index (χ3n) is 3.80. The van der Waals surface area contributed by atoms with Crippen molar-refractivity contribution in [1.82, 2.24) is 5.43 Å². The molecule has 0 aromatic heterocycles. The van der Waals surface area contributed by atoms with E-state index in [0.29, 0.717) is 6.61 Å². The summed E-state index contributed by atoms with van der Waals surface area (Å²) in [6, 6.07) is 17.8. The summed E-state index contributed by atoms with van der Waals surface area (Å²) >= 11 is 0. The van der Waals surface area contributed by atoms with Crippen LogP contribution in [-0.2, 0) is 11.4 Å². The van der Waals surface area contributed by atoms with Crippen molar-refractivity contribution in [3.63, 3.8) is 0 Å². The van der Waals surface area contributed by atoms with Gasteiger partial charge in [-0.1, -0.05) is 30.3 Å². The topological polar surface area (TPSA) is 50.7 Å². The van der Waals surface area contributed by atoms with E-state index >= 15 is 0 Å². The van der Waals surface area contributed by atoms with E-state index in [1.54, 1.807) is 0 Å². The summed E-state index contributed by atoms with van der Waals surface area (Å²) in [5, 5.41) is 4.16. The molecule has 0 aliphatic heterocycles. The molecule has 1 aliphatic carbocycles. The van der Waals surface area contributed by atoms with E-state index in [-0.39, 0.29) is 11.8 Å². The van der Waals surface area contributed by atoms with Crippen LogP contribution in [0, 0.1) is 5.92 Å².